The Hall–Kier alpha value is -2.67. The maximum absolute atomic E-state index is 13.2. The Bertz CT molecular complexity index is 769. The Morgan fingerprint density at radius 1 is 1.38 bits per heavy atom. The second kappa shape index (κ2) is 7.74. The van der Waals surface area contributed by atoms with Gasteiger partial charge in [-0.25, -0.2) is 4.39 Å². The van der Waals surface area contributed by atoms with E-state index in [1.165, 1.54) is 0 Å². The van der Waals surface area contributed by atoms with Crippen LogP contribution >= 0.6 is 11.6 Å². The number of carbonyl (C=O) groups excluding carboxylic acids is 1. The number of benzene rings is 2. The Balaban J connectivity index is 1.99. The van der Waals surface area contributed by atoms with Crippen molar-refractivity contribution in [2.45, 2.75) is 13.0 Å². The van der Waals surface area contributed by atoms with Gasteiger partial charge in [0.1, 0.15) is 5.82 Å². The highest BCUT2D eigenvalue weighted by Gasteiger charge is 2.18. The highest BCUT2D eigenvalue weighted by Crippen LogP contribution is 2.27. The topological polar surface area (TPSA) is 81.5 Å². The summed E-state index contributed by atoms with van der Waals surface area (Å²) in [5.41, 5.74) is 0.389. The van der Waals surface area contributed by atoms with Crippen molar-refractivity contribution in [2.24, 2.45) is 0 Å². The van der Waals surface area contributed by atoms with E-state index >= 15 is 0 Å². The molecule has 6 nitrogen and oxygen atoms in total. The zero-order chi connectivity index (χ0) is 17.7. The minimum absolute atomic E-state index is 0.300. The number of nitro groups is 1. The molecule has 0 aromatic heterocycles. The van der Waals surface area contributed by atoms with Gasteiger partial charge in [0.05, 0.1) is 11.0 Å². The first-order valence-corrected chi connectivity index (χ1v) is 7.36. The zero-order valence-corrected chi connectivity index (χ0v) is 13.4. The molecule has 0 aliphatic rings. The van der Waals surface area contributed by atoms with Crippen LogP contribution in [0.2, 0.25) is 5.02 Å². The number of ether oxygens (including phenoxy) is 1. The van der Waals surface area contributed by atoms with E-state index in [-0.39, 0.29) is 11.8 Å². The van der Waals surface area contributed by atoms with Gasteiger partial charge < -0.3 is 10.1 Å². The number of halogens is 2. The van der Waals surface area contributed by atoms with E-state index in [1.54, 1.807) is 31.2 Å². The van der Waals surface area contributed by atoms with Crippen LogP contribution in [0.1, 0.15) is 18.5 Å². The Labute approximate surface area is 142 Å². The molecule has 0 heterocycles. The van der Waals surface area contributed by atoms with Crippen molar-refractivity contribution in [3.63, 3.8) is 0 Å². The molecule has 0 aliphatic carbocycles. The lowest BCUT2D eigenvalue weighted by Crippen LogP contribution is -2.31. The fourth-order valence-electron chi connectivity index (χ4n) is 2.04. The van der Waals surface area contributed by atoms with Crippen molar-refractivity contribution in [2.75, 3.05) is 6.61 Å². The molecule has 8 heteroatoms. The number of nitrogens with zero attached hydrogens (tertiary/aromatic N) is 1. The van der Waals surface area contributed by atoms with Crippen molar-refractivity contribution in [3.05, 3.63) is 69.0 Å². The third-order valence-electron chi connectivity index (χ3n) is 3.20. The van der Waals surface area contributed by atoms with Gasteiger partial charge in [0.25, 0.3) is 5.91 Å². The Morgan fingerprint density at radius 3 is 2.79 bits per heavy atom. The molecule has 0 spiro atoms. The van der Waals surface area contributed by atoms with Crippen LogP contribution in [0.3, 0.4) is 0 Å². The number of carbonyl (C=O) groups is 1. The van der Waals surface area contributed by atoms with Gasteiger partial charge in [-0.3, -0.25) is 14.9 Å². The summed E-state index contributed by atoms with van der Waals surface area (Å²) in [4.78, 5) is 22.1. The summed E-state index contributed by atoms with van der Waals surface area (Å²) >= 11 is 5.89. The summed E-state index contributed by atoms with van der Waals surface area (Å²) in [7, 11) is 0. The highest BCUT2D eigenvalue weighted by molar-refractivity contribution is 6.30. The number of nitro benzene ring substituents is 1. The SMILES string of the molecule is C[C@H](NC(=O)COc1cc(F)ccc1[N+](=O)[O-])c1cccc(Cl)c1. The van der Waals surface area contributed by atoms with E-state index in [0.717, 1.165) is 23.8 Å². The van der Waals surface area contributed by atoms with Crippen molar-refractivity contribution in [1.29, 1.82) is 0 Å². The molecule has 0 bridgehead atoms. The molecular formula is C16H14ClFN2O4. The Morgan fingerprint density at radius 2 is 2.12 bits per heavy atom. The van der Waals surface area contributed by atoms with Gasteiger partial charge >= 0.3 is 5.69 Å². The van der Waals surface area contributed by atoms with Gasteiger partial charge in [0, 0.05) is 17.2 Å². The normalized spacial score (nSPS) is 11.6. The van der Waals surface area contributed by atoms with E-state index in [2.05, 4.69) is 5.32 Å². The second-order valence-electron chi connectivity index (χ2n) is 5.00. The van der Waals surface area contributed by atoms with Crippen LogP contribution in [-0.2, 0) is 4.79 Å². The van der Waals surface area contributed by atoms with E-state index in [9.17, 15) is 19.3 Å². The van der Waals surface area contributed by atoms with Crippen LogP contribution in [-0.4, -0.2) is 17.4 Å². The van der Waals surface area contributed by atoms with Crippen molar-refractivity contribution >= 4 is 23.2 Å². The minimum Gasteiger partial charge on any atom is -0.477 e. The first-order valence-electron chi connectivity index (χ1n) is 6.98. The number of amides is 1. The highest BCUT2D eigenvalue weighted by atomic mass is 35.5. The molecule has 2 aromatic rings. The average molecular weight is 353 g/mol. The molecule has 0 aliphatic heterocycles. The summed E-state index contributed by atoms with van der Waals surface area (Å²) in [5.74, 6) is -1.49. The second-order valence-corrected chi connectivity index (χ2v) is 5.44. The lowest BCUT2D eigenvalue weighted by molar-refractivity contribution is -0.385. The van der Waals surface area contributed by atoms with Crippen molar-refractivity contribution in [1.82, 2.24) is 5.32 Å². The van der Waals surface area contributed by atoms with Crippen LogP contribution in [0.25, 0.3) is 0 Å². The monoisotopic (exact) mass is 352 g/mol. The lowest BCUT2D eigenvalue weighted by Gasteiger charge is -2.15. The van der Waals surface area contributed by atoms with Gasteiger partial charge in [0.15, 0.2) is 6.61 Å². The van der Waals surface area contributed by atoms with Crippen molar-refractivity contribution < 1.29 is 18.8 Å². The van der Waals surface area contributed by atoms with E-state index in [4.69, 9.17) is 16.3 Å². The maximum Gasteiger partial charge on any atom is 0.311 e. The van der Waals surface area contributed by atoms with Crippen molar-refractivity contribution in [3.8, 4) is 5.75 Å². The standard InChI is InChI=1S/C16H14ClFN2O4/c1-10(11-3-2-4-12(17)7-11)19-16(21)9-24-15-8-13(18)5-6-14(15)20(22)23/h2-8,10H,9H2,1H3,(H,19,21)/t10-/m0/s1. The molecule has 2 rings (SSSR count). The van der Waals surface area contributed by atoms with Crippen LogP contribution in [0.15, 0.2) is 42.5 Å². The summed E-state index contributed by atoms with van der Waals surface area (Å²) in [6.45, 7) is 1.28. The van der Waals surface area contributed by atoms with E-state index in [1.807, 2.05) is 0 Å². The molecule has 1 amide bonds. The van der Waals surface area contributed by atoms with Gasteiger partial charge in [-0.05, 0) is 30.7 Å². The fraction of sp³-hybridized carbons (Fsp3) is 0.188. The quantitative estimate of drug-likeness (QED) is 0.635. The Kier molecular flexibility index (Phi) is 5.70. The van der Waals surface area contributed by atoms with Crippen LogP contribution in [0.4, 0.5) is 10.1 Å². The third-order valence-corrected chi connectivity index (χ3v) is 3.44. The first kappa shape index (κ1) is 17.7. The van der Waals surface area contributed by atoms with Gasteiger partial charge in [-0.15, -0.1) is 0 Å². The number of nitrogens with one attached hydrogen (secondary N) is 1. The molecule has 1 atom stereocenters. The summed E-state index contributed by atoms with van der Waals surface area (Å²) < 4.78 is 18.3. The molecule has 0 unspecified atom stereocenters. The van der Waals surface area contributed by atoms with E-state index < -0.39 is 28.9 Å². The predicted molar refractivity (Wildman–Crippen MR) is 86.6 cm³/mol. The number of hydrogen-bond donors (Lipinski definition) is 1. The molecule has 0 fully saturated rings. The van der Waals surface area contributed by atoms with Gasteiger partial charge in [-0.2, -0.15) is 0 Å². The van der Waals surface area contributed by atoms with Crippen LogP contribution in [0.5, 0.6) is 5.75 Å². The maximum atomic E-state index is 13.2. The number of rotatable bonds is 6. The van der Waals surface area contributed by atoms with Gasteiger partial charge in [-0.1, -0.05) is 23.7 Å². The largest absolute Gasteiger partial charge is 0.477 e. The molecule has 0 radical (unpaired) electrons. The average Bonchev–Trinajstić information content (AvgIpc) is 2.52. The molecule has 126 valence electrons. The predicted octanol–water partition coefficient (Wildman–Crippen LogP) is 3.64. The molecule has 0 saturated heterocycles. The first-order chi connectivity index (χ1) is 11.4. The minimum atomic E-state index is -0.707. The lowest BCUT2D eigenvalue weighted by atomic mass is 10.1. The molecular weight excluding hydrogens is 339 g/mol. The fourth-order valence-corrected chi connectivity index (χ4v) is 2.24. The summed E-state index contributed by atoms with van der Waals surface area (Å²) in [5, 5.41) is 14.1. The van der Waals surface area contributed by atoms with E-state index in [0.29, 0.717) is 5.02 Å². The molecule has 0 saturated carbocycles. The summed E-state index contributed by atoms with van der Waals surface area (Å²) in [6.07, 6.45) is 0. The molecule has 2 aromatic carbocycles. The number of hydrogen-bond acceptors (Lipinski definition) is 4. The molecule has 24 heavy (non-hydrogen) atoms. The van der Waals surface area contributed by atoms with Crippen LogP contribution < -0.4 is 10.1 Å². The smallest absolute Gasteiger partial charge is 0.311 e. The summed E-state index contributed by atoms with van der Waals surface area (Å²) in [6, 6.07) is 9.45. The third kappa shape index (κ3) is 4.66. The van der Waals surface area contributed by atoms with Crippen LogP contribution in [0, 0.1) is 15.9 Å². The molecule has 1 N–H and O–H groups in total. The zero-order valence-electron chi connectivity index (χ0n) is 12.7. The van der Waals surface area contributed by atoms with Gasteiger partial charge in [0.2, 0.25) is 5.75 Å².